The molecule has 5 heteroatoms. The van der Waals surface area contributed by atoms with Crippen molar-refractivity contribution in [1.29, 1.82) is 0 Å². The SMILES string of the molecule is Cl.O=C(O)C(c1ccc(Cl)cc1)c1ccc(Cl)cc1. The van der Waals surface area contributed by atoms with E-state index in [4.69, 9.17) is 23.2 Å². The molecule has 0 saturated carbocycles. The van der Waals surface area contributed by atoms with Crippen molar-refractivity contribution < 1.29 is 9.90 Å². The number of hydrogen-bond acceptors (Lipinski definition) is 1. The van der Waals surface area contributed by atoms with Crippen LogP contribution in [0, 0.1) is 0 Å². The van der Waals surface area contributed by atoms with Gasteiger partial charge in [0, 0.05) is 10.0 Å². The number of rotatable bonds is 3. The molecule has 100 valence electrons. The lowest BCUT2D eigenvalue weighted by atomic mass is 9.91. The summed E-state index contributed by atoms with van der Waals surface area (Å²) in [6, 6.07) is 13.6. The van der Waals surface area contributed by atoms with Crippen LogP contribution in [0.2, 0.25) is 10.0 Å². The predicted molar refractivity (Wildman–Crippen MR) is 79.6 cm³/mol. The van der Waals surface area contributed by atoms with Gasteiger partial charge < -0.3 is 5.11 Å². The minimum absolute atomic E-state index is 0. The predicted octanol–water partition coefficient (Wildman–Crippen LogP) is 4.63. The summed E-state index contributed by atoms with van der Waals surface area (Å²) in [7, 11) is 0. The number of hydrogen-bond donors (Lipinski definition) is 1. The number of benzene rings is 2. The van der Waals surface area contributed by atoms with Crippen molar-refractivity contribution in [2.24, 2.45) is 0 Å². The maximum absolute atomic E-state index is 11.4. The maximum Gasteiger partial charge on any atom is 0.315 e. The highest BCUT2D eigenvalue weighted by molar-refractivity contribution is 6.30. The van der Waals surface area contributed by atoms with Crippen LogP contribution in [-0.4, -0.2) is 11.1 Å². The molecule has 0 aliphatic rings. The fraction of sp³-hybridized carbons (Fsp3) is 0.0714. The maximum atomic E-state index is 11.4. The third-order valence-electron chi connectivity index (χ3n) is 2.65. The Morgan fingerprint density at radius 2 is 1.16 bits per heavy atom. The molecule has 0 radical (unpaired) electrons. The van der Waals surface area contributed by atoms with Crippen LogP contribution in [0.15, 0.2) is 48.5 Å². The Kier molecular flexibility index (Phi) is 5.67. The Labute approximate surface area is 127 Å². The van der Waals surface area contributed by atoms with E-state index in [-0.39, 0.29) is 12.4 Å². The number of carboxylic acid groups (broad SMARTS) is 1. The quantitative estimate of drug-likeness (QED) is 0.896. The summed E-state index contributed by atoms with van der Waals surface area (Å²) in [4.78, 5) is 11.4. The van der Waals surface area contributed by atoms with E-state index in [0.717, 1.165) is 0 Å². The summed E-state index contributed by atoms with van der Waals surface area (Å²) in [6.45, 7) is 0. The van der Waals surface area contributed by atoms with Crippen LogP contribution in [0.5, 0.6) is 0 Å². The molecule has 2 aromatic rings. The second kappa shape index (κ2) is 6.80. The molecule has 0 unspecified atom stereocenters. The second-order valence-electron chi connectivity index (χ2n) is 3.87. The van der Waals surface area contributed by atoms with Crippen LogP contribution in [0.1, 0.15) is 17.0 Å². The first-order valence-electron chi connectivity index (χ1n) is 5.31. The van der Waals surface area contributed by atoms with E-state index in [0.29, 0.717) is 21.2 Å². The molecule has 2 aromatic carbocycles. The van der Waals surface area contributed by atoms with Gasteiger partial charge in [-0.1, -0.05) is 47.5 Å². The van der Waals surface area contributed by atoms with Crippen molar-refractivity contribution in [2.75, 3.05) is 0 Å². The van der Waals surface area contributed by atoms with Gasteiger partial charge in [0.15, 0.2) is 0 Å². The number of carboxylic acids is 1. The molecular weight excluding hydrogens is 307 g/mol. The van der Waals surface area contributed by atoms with Gasteiger partial charge in [-0.05, 0) is 35.4 Å². The smallest absolute Gasteiger partial charge is 0.315 e. The molecule has 0 aliphatic heterocycles. The summed E-state index contributed by atoms with van der Waals surface area (Å²) in [6.07, 6.45) is 0. The molecular formula is C14H11Cl3O2. The van der Waals surface area contributed by atoms with Gasteiger partial charge >= 0.3 is 5.97 Å². The lowest BCUT2D eigenvalue weighted by Crippen LogP contribution is -2.12. The molecule has 0 heterocycles. The monoisotopic (exact) mass is 316 g/mol. The molecule has 1 N–H and O–H groups in total. The van der Waals surface area contributed by atoms with Crippen molar-refractivity contribution >= 4 is 41.6 Å². The largest absolute Gasteiger partial charge is 0.481 e. The van der Waals surface area contributed by atoms with Crippen LogP contribution in [-0.2, 0) is 4.79 Å². The zero-order chi connectivity index (χ0) is 13.1. The Morgan fingerprint density at radius 3 is 1.42 bits per heavy atom. The zero-order valence-electron chi connectivity index (χ0n) is 9.72. The summed E-state index contributed by atoms with van der Waals surface area (Å²) < 4.78 is 0. The van der Waals surface area contributed by atoms with Crippen molar-refractivity contribution in [3.63, 3.8) is 0 Å². The summed E-state index contributed by atoms with van der Waals surface area (Å²) in [5.74, 6) is -1.61. The van der Waals surface area contributed by atoms with E-state index in [1.54, 1.807) is 48.5 Å². The average molecular weight is 318 g/mol. The van der Waals surface area contributed by atoms with Gasteiger partial charge in [-0.3, -0.25) is 4.79 Å². The fourth-order valence-electron chi connectivity index (χ4n) is 1.79. The topological polar surface area (TPSA) is 37.3 Å². The van der Waals surface area contributed by atoms with Gasteiger partial charge in [-0.15, -0.1) is 12.4 Å². The van der Waals surface area contributed by atoms with Gasteiger partial charge in [-0.25, -0.2) is 0 Å². The normalized spacial score (nSPS) is 10.1. The van der Waals surface area contributed by atoms with Crippen LogP contribution in [0.3, 0.4) is 0 Å². The Bertz CT molecular complexity index is 504. The molecule has 0 amide bonds. The lowest BCUT2D eigenvalue weighted by molar-refractivity contribution is -0.137. The zero-order valence-corrected chi connectivity index (χ0v) is 12.0. The number of aliphatic carboxylic acids is 1. The van der Waals surface area contributed by atoms with E-state index in [2.05, 4.69) is 0 Å². The van der Waals surface area contributed by atoms with Crippen LogP contribution < -0.4 is 0 Å². The summed E-state index contributed by atoms with van der Waals surface area (Å²) >= 11 is 11.6. The molecule has 2 rings (SSSR count). The van der Waals surface area contributed by atoms with Crippen LogP contribution in [0.4, 0.5) is 0 Å². The minimum atomic E-state index is -0.903. The van der Waals surface area contributed by atoms with Gasteiger partial charge in [0.1, 0.15) is 5.92 Å². The van der Waals surface area contributed by atoms with Gasteiger partial charge in [0.2, 0.25) is 0 Å². The summed E-state index contributed by atoms with van der Waals surface area (Å²) in [5.41, 5.74) is 1.38. The Morgan fingerprint density at radius 1 is 0.842 bits per heavy atom. The number of halogens is 3. The van der Waals surface area contributed by atoms with E-state index in [1.165, 1.54) is 0 Å². The van der Waals surface area contributed by atoms with Gasteiger partial charge in [-0.2, -0.15) is 0 Å². The highest BCUT2D eigenvalue weighted by Crippen LogP contribution is 2.27. The van der Waals surface area contributed by atoms with Gasteiger partial charge in [0.05, 0.1) is 0 Å². The van der Waals surface area contributed by atoms with Gasteiger partial charge in [0.25, 0.3) is 0 Å². The third-order valence-corrected chi connectivity index (χ3v) is 3.16. The van der Waals surface area contributed by atoms with Crippen molar-refractivity contribution in [3.05, 3.63) is 69.7 Å². The second-order valence-corrected chi connectivity index (χ2v) is 4.75. The van der Waals surface area contributed by atoms with E-state index in [1.807, 2.05) is 0 Å². The third kappa shape index (κ3) is 3.87. The van der Waals surface area contributed by atoms with E-state index in [9.17, 15) is 9.90 Å². The van der Waals surface area contributed by atoms with Crippen LogP contribution >= 0.6 is 35.6 Å². The molecule has 0 spiro atoms. The lowest BCUT2D eigenvalue weighted by Gasteiger charge is -2.13. The average Bonchev–Trinajstić information content (AvgIpc) is 2.34. The van der Waals surface area contributed by atoms with Crippen molar-refractivity contribution in [2.45, 2.75) is 5.92 Å². The Hall–Kier alpha value is -1.22. The molecule has 0 atom stereocenters. The first-order chi connectivity index (χ1) is 8.58. The molecule has 2 nitrogen and oxygen atoms in total. The Balaban J connectivity index is 0.00000180. The first-order valence-corrected chi connectivity index (χ1v) is 6.07. The first kappa shape index (κ1) is 15.8. The standard InChI is InChI=1S/C14H10Cl2O2.ClH/c15-11-5-1-9(2-6-11)13(14(17)18)10-3-7-12(16)8-4-10;/h1-8,13H,(H,17,18);1H. The minimum Gasteiger partial charge on any atom is -0.481 e. The van der Waals surface area contributed by atoms with Crippen LogP contribution in [0.25, 0.3) is 0 Å². The molecule has 19 heavy (non-hydrogen) atoms. The summed E-state index contributed by atoms with van der Waals surface area (Å²) in [5, 5.41) is 10.5. The number of carbonyl (C=O) groups is 1. The van der Waals surface area contributed by atoms with E-state index < -0.39 is 11.9 Å². The highest BCUT2D eigenvalue weighted by Gasteiger charge is 2.21. The van der Waals surface area contributed by atoms with E-state index >= 15 is 0 Å². The molecule has 0 saturated heterocycles. The van der Waals surface area contributed by atoms with Crippen molar-refractivity contribution in [3.8, 4) is 0 Å². The molecule has 0 bridgehead atoms. The fourth-order valence-corrected chi connectivity index (χ4v) is 2.04. The highest BCUT2D eigenvalue weighted by atomic mass is 35.5. The van der Waals surface area contributed by atoms with Crippen molar-refractivity contribution in [1.82, 2.24) is 0 Å². The molecule has 0 fully saturated rings. The molecule has 0 aliphatic carbocycles. The molecule has 0 aromatic heterocycles.